The van der Waals surface area contributed by atoms with Crippen molar-refractivity contribution < 1.29 is 14.1 Å². The smallest absolute Gasteiger partial charge is 0.283 e. The summed E-state index contributed by atoms with van der Waals surface area (Å²) in [6.45, 7) is 5.78. The van der Waals surface area contributed by atoms with E-state index in [2.05, 4.69) is 10.1 Å². The van der Waals surface area contributed by atoms with Crippen molar-refractivity contribution in [1.29, 1.82) is 5.41 Å². The van der Waals surface area contributed by atoms with Crippen molar-refractivity contribution in [1.82, 2.24) is 5.01 Å². The van der Waals surface area contributed by atoms with Crippen molar-refractivity contribution in [3.63, 3.8) is 0 Å². The maximum Gasteiger partial charge on any atom is 0.283 e. The molecule has 1 amide bonds. The van der Waals surface area contributed by atoms with Gasteiger partial charge in [0.25, 0.3) is 11.6 Å². The Bertz CT molecular complexity index is 1190. The highest BCUT2D eigenvalue weighted by Gasteiger charge is 2.36. The Morgan fingerprint density at radius 2 is 2.07 bits per heavy atom. The number of hydrazone groups is 1. The number of amides is 1. The highest BCUT2D eigenvalue weighted by Crippen LogP contribution is 2.32. The fourth-order valence-electron chi connectivity index (χ4n) is 2.95. The minimum Gasteiger partial charge on any atom is -0.457 e. The van der Waals surface area contributed by atoms with Gasteiger partial charge in [-0.2, -0.15) is 15.1 Å². The minimum atomic E-state index is -0.538. The number of furan rings is 1. The number of rotatable bonds is 4. The average molecular weight is 423 g/mol. The minimum absolute atomic E-state index is 0.0386. The second kappa shape index (κ2) is 7.38. The van der Waals surface area contributed by atoms with Crippen molar-refractivity contribution in [2.24, 2.45) is 16.0 Å². The van der Waals surface area contributed by atoms with Gasteiger partial charge in [-0.05, 0) is 42.5 Å². The predicted molar refractivity (Wildman–Crippen MR) is 115 cm³/mol. The van der Waals surface area contributed by atoms with Gasteiger partial charge in [-0.25, -0.2) is 0 Å². The van der Waals surface area contributed by atoms with Crippen LogP contribution in [-0.2, 0) is 4.79 Å². The zero-order chi connectivity index (χ0) is 21.6. The van der Waals surface area contributed by atoms with Gasteiger partial charge < -0.3 is 4.42 Å². The van der Waals surface area contributed by atoms with E-state index in [-0.39, 0.29) is 23.0 Å². The van der Waals surface area contributed by atoms with Crippen molar-refractivity contribution in [2.45, 2.75) is 20.8 Å². The van der Waals surface area contributed by atoms with Crippen molar-refractivity contribution in [2.75, 3.05) is 0 Å². The normalized spacial score (nSPS) is 17.5. The zero-order valence-electron chi connectivity index (χ0n) is 16.4. The molecule has 0 saturated carbocycles. The highest BCUT2D eigenvalue weighted by molar-refractivity contribution is 8.27. The molecule has 4 rings (SSSR count). The number of non-ortho nitro benzene ring substituents is 1. The standard InChI is InChI=1S/C20H17N5O4S/c1-10(2)19-23-24-17(21)15(18(26)22-20(24)30-19)9-13-6-7-16(29-13)14-8-12(25(27)28)5-4-11(14)3/h4-10,21H,1-3H3/b15-9+,21-17?. The zero-order valence-corrected chi connectivity index (χ0v) is 17.2. The van der Waals surface area contributed by atoms with E-state index in [1.807, 2.05) is 20.8 Å². The third kappa shape index (κ3) is 3.45. The number of thioether (sulfide) groups is 1. The number of nitrogens with zero attached hydrogens (tertiary/aromatic N) is 4. The lowest BCUT2D eigenvalue weighted by atomic mass is 10.1. The summed E-state index contributed by atoms with van der Waals surface area (Å²) in [5.41, 5.74) is 1.42. The lowest BCUT2D eigenvalue weighted by molar-refractivity contribution is -0.384. The van der Waals surface area contributed by atoms with Gasteiger partial charge in [0.1, 0.15) is 16.6 Å². The van der Waals surface area contributed by atoms with E-state index in [4.69, 9.17) is 9.83 Å². The van der Waals surface area contributed by atoms with E-state index in [0.29, 0.717) is 22.3 Å². The van der Waals surface area contributed by atoms with Crippen LogP contribution >= 0.6 is 11.8 Å². The number of aliphatic imine (C=N–C) groups is 1. The Hall–Kier alpha value is -3.53. The van der Waals surface area contributed by atoms with Crippen LogP contribution in [0.2, 0.25) is 0 Å². The van der Waals surface area contributed by atoms with Crippen LogP contribution in [0.5, 0.6) is 0 Å². The molecule has 1 aromatic heterocycles. The van der Waals surface area contributed by atoms with Gasteiger partial charge in [0, 0.05) is 23.6 Å². The van der Waals surface area contributed by atoms with Crippen LogP contribution in [-0.4, -0.2) is 31.9 Å². The molecule has 0 saturated heterocycles. The quantitative estimate of drug-likeness (QED) is 0.440. The number of hydrogen-bond donors (Lipinski definition) is 1. The van der Waals surface area contributed by atoms with E-state index < -0.39 is 10.8 Å². The van der Waals surface area contributed by atoms with E-state index in [1.54, 1.807) is 18.2 Å². The fourth-order valence-corrected chi connectivity index (χ4v) is 3.84. The van der Waals surface area contributed by atoms with Gasteiger partial charge >= 0.3 is 0 Å². The summed E-state index contributed by atoms with van der Waals surface area (Å²) in [7, 11) is 0. The second-order valence-corrected chi connectivity index (χ2v) is 8.06. The molecule has 30 heavy (non-hydrogen) atoms. The Morgan fingerprint density at radius 3 is 2.77 bits per heavy atom. The summed E-state index contributed by atoms with van der Waals surface area (Å²) in [6.07, 6.45) is 1.44. The molecule has 0 radical (unpaired) electrons. The van der Waals surface area contributed by atoms with Crippen LogP contribution in [0.1, 0.15) is 25.2 Å². The third-order valence-electron chi connectivity index (χ3n) is 4.57. The van der Waals surface area contributed by atoms with Crippen LogP contribution in [0.3, 0.4) is 0 Å². The Kier molecular flexibility index (Phi) is 4.86. The number of amidine groups is 2. The largest absolute Gasteiger partial charge is 0.457 e. The van der Waals surface area contributed by atoms with E-state index in [9.17, 15) is 14.9 Å². The van der Waals surface area contributed by atoms with Gasteiger partial charge in [0.05, 0.1) is 10.5 Å². The summed E-state index contributed by atoms with van der Waals surface area (Å²) >= 11 is 1.28. The molecule has 0 aliphatic carbocycles. The average Bonchev–Trinajstić information content (AvgIpc) is 3.32. The number of carbonyl (C=O) groups is 1. The number of aryl methyl sites for hydroxylation is 1. The SMILES string of the molecule is Cc1ccc([N+](=O)[O-])cc1-c1ccc(/C=C2\C(=N)N3N=C(C(C)C)SC3=NC2=O)o1. The molecule has 0 spiro atoms. The van der Waals surface area contributed by atoms with Crippen LogP contribution in [0, 0.1) is 28.4 Å². The first-order valence-corrected chi connectivity index (χ1v) is 9.91. The number of carbonyl (C=O) groups excluding carboxylic acids is 1. The first-order valence-electron chi connectivity index (χ1n) is 9.10. The molecular weight excluding hydrogens is 406 g/mol. The van der Waals surface area contributed by atoms with Crippen molar-refractivity contribution >= 4 is 45.5 Å². The number of nitro benzene ring substituents is 1. The van der Waals surface area contributed by atoms with Crippen LogP contribution in [0.4, 0.5) is 5.69 Å². The molecule has 0 unspecified atom stereocenters. The number of nitrogens with one attached hydrogen (secondary N) is 1. The first-order chi connectivity index (χ1) is 14.2. The van der Waals surface area contributed by atoms with Crippen molar-refractivity contribution in [3.05, 3.63) is 57.3 Å². The monoisotopic (exact) mass is 423 g/mol. The second-order valence-electron chi connectivity index (χ2n) is 7.07. The molecule has 152 valence electrons. The molecule has 0 atom stereocenters. The Labute approximate surface area is 175 Å². The first kappa shape index (κ1) is 19.8. The molecule has 0 bridgehead atoms. The summed E-state index contributed by atoms with van der Waals surface area (Å²) in [4.78, 5) is 27.1. The Morgan fingerprint density at radius 1 is 1.30 bits per heavy atom. The number of nitro groups is 1. The predicted octanol–water partition coefficient (Wildman–Crippen LogP) is 4.44. The van der Waals surface area contributed by atoms with Gasteiger partial charge in [0.15, 0.2) is 5.84 Å². The summed E-state index contributed by atoms with van der Waals surface area (Å²) in [5, 5.41) is 26.3. The molecule has 2 aliphatic rings. The van der Waals surface area contributed by atoms with E-state index >= 15 is 0 Å². The fraction of sp³-hybridized carbons (Fsp3) is 0.200. The summed E-state index contributed by atoms with van der Waals surface area (Å²) in [6, 6.07) is 7.84. The summed E-state index contributed by atoms with van der Waals surface area (Å²) < 4.78 is 5.80. The van der Waals surface area contributed by atoms with Crippen LogP contribution < -0.4 is 0 Å². The van der Waals surface area contributed by atoms with E-state index in [1.165, 1.54) is 35.0 Å². The molecule has 10 heteroatoms. The number of benzene rings is 1. The van der Waals surface area contributed by atoms with Gasteiger partial charge in [-0.15, -0.1) is 0 Å². The number of hydrogen-bond acceptors (Lipinski definition) is 7. The maximum absolute atomic E-state index is 12.5. The molecule has 1 aromatic carbocycles. The topological polar surface area (TPSA) is 125 Å². The summed E-state index contributed by atoms with van der Waals surface area (Å²) in [5.74, 6) is 0.312. The van der Waals surface area contributed by atoms with Gasteiger partial charge in [-0.1, -0.05) is 19.9 Å². The lowest BCUT2D eigenvalue weighted by Gasteiger charge is -2.19. The molecule has 1 N–H and O–H groups in total. The van der Waals surface area contributed by atoms with Gasteiger partial charge in [-0.3, -0.25) is 20.3 Å². The Balaban J connectivity index is 1.67. The molecule has 3 heterocycles. The highest BCUT2D eigenvalue weighted by atomic mass is 32.2. The molecule has 2 aromatic rings. The van der Waals surface area contributed by atoms with E-state index in [0.717, 1.165) is 10.6 Å². The maximum atomic E-state index is 12.5. The van der Waals surface area contributed by atoms with Crippen LogP contribution in [0.15, 0.2) is 50.4 Å². The van der Waals surface area contributed by atoms with Gasteiger partial charge in [0.2, 0.25) is 5.17 Å². The molecule has 0 fully saturated rings. The molecular formula is C20H17N5O4S. The van der Waals surface area contributed by atoms with Crippen molar-refractivity contribution in [3.8, 4) is 11.3 Å². The molecule has 2 aliphatic heterocycles. The number of fused-ring (bicyclic) bond motifs is 1. The lowest BCUT2D eigenvalue weighted by Crippen LogP contribution is -2.35. The molecule has 9 nitrogen and oxygen atoms in total. The van der Waals surface area contributed by atoms with Crippen LogP contribution in [0.25, 0.3) is 17.4 Å². The third-order valence-corrected chi connectivity index (χ3v) is 5.78.